The molecular formula is C21H14Cl2O3S. The Hall–Kier alpha value is -2.27. The van der Waals surface area contributed by atoms with E-state index in [1.165, 1.54) is 0 Å². The minimum atomic E-state index is -0.120. The molecule has 3 nitrogen and oxygen atoms in total. The van der Waals surface area contributed by atoms with Crippen LogP contribution in [-0.4, -0.2) is 5.78 Å². The molecule has 6 heteroatoms. The summed E-state index contributed by atoms with van der Waals surface area (Å²) in [6.45, 7) is 2.29. The van der Waals surface area contributed by atoms with E-state index in [9.17, 15) is 4.79 Å². The minimum absolute atomic E-state index is 0.120. The van der Waals surface area contributed by atoms with Crippen molar-refractivity contribution < 1.29 is 14.3 Å². The summed E-state index contributed by atoms with van der Waals surface area (Å²) in [7, 11) is 0. The number of rotatable bonds is 4. The average molecular weight is 417 g/mol. The monoisotopic (exact) mass is 416 g/mol. The second kappa shape index (κ2) is 7.39. The van der Waals surface area contributed by atoms with Crippen molar-refractivity contribution in [2.45, 2.75) is 13.5 Å². The van der Waals surface area contributed by atoms with Crippen LogP contribution in [0.4, 0.5) is 0 Å². The van der Waals surface area contributed by atoms with E-state index in [1.54, 1.807) is 47.7 Å². The van der Waals surface area contributed by atoms with Crippen LogP contribution in [0.25, 0.3) is 6.08 Å². The molecule has 1 aromatic heterocycles. The summed E-state index contributed by atoms with van der Waals surface area (Å²) in [5.74, 6) is 1.31. The number of hydrogen-bond acceptors (Lipinski definition) is 4. The highest BCUT2D eigenvalue weighted by atomic mass is 35.5. The molecule has 0 aliphatic carbocycles. The molecular weight excluding hydrogens is 403 g/mol. The molecule has 2 aromatic carbocycles. The van der Waals surface area contributed by atoms with Crippen molar-refractivity contribution in [3.05, 3.63) is 85.2 Å². The van der Waals surface area contributed by atoms with E-state index >= 15 is 0 Å². The van der Waals surface area contributed by atoms with Gasteiger partial charge in [0.05, 0.1) is 5.56 Å². The Kier molecular flexibility index (Phi) is 4.96. The molecule has 0 saturated heterocycles. The van der Waals surface area contributed by atoms with Gasteiger partial charge in [-0.3, -0.25) is 4.79 Å². The number of halogens is 2. The highest BCUT2D eigenvalue weighted by Gasteiger charge is 2.28. The van der Waals surface area contributed by atoms with Crippen LogP contribution in [0.2, 0.25) is 10.0 Å². The van der Waals surface area contributed by atoms with Crippen LogP contribution in [0.5, 0.6) is 11.5 Å². The quantitative estimate of drug-likeness (QED) is 0.451. The van der Waals surface area contributed by atoms with Crippen molar-refractivity contribution in [1.29, 1.82) is 0 Å². The third-order valence-electron chi connectivity index (χ3n) is 4.21. The fourth-order valence-corrected chi connectivity index (χ4v) is 4.02. The maximum atomic E-state index is 12.5. The van der Waals surface area contributed by atoms with Gasteiger partial charge < -0.3 is 9.47 Å². The molecule has 1 aliphatic heterocycles. The predicted octanol–water partition coefficient (Wildman–Crippen LogP) is 6.56. The maximum absolute atomic E-state index is 12.5. The number of ketones is 1. The van der Waals surface area contributed by atoms with E-state index in [4.69, 9.17) is 32.7 Å². The van der Waals surface area contributed by atoms with Gasteiger partial charge in [-0.2, -0.15) is 0 Å². The van der Waals surface area contributed by atoms with E-state index < -0.39 is 0 Å². The lowest BCUT2D eigenvalue weighted by Crippen LogP contribution is -1.98. The van der Waals surface area contributed by atoms with E-state index in [2.05, 4.69) is 0 Å². The van der Waals surface area contributed by atoms with Crippen LogP contribution in [0.1, 0.15) is 26.4 Å². The zero-order valence-electron chi connectivity index (χ0n) is 14.3. The van der Waals surface area contributed by atoms with Gasteiger partial charge in [-0.05, 0) is 48.2 Å². The summed E-state index contributed by atoms with van der Waals surface area (Å²) in [6.07, 6.45) is 1.79. The zero-order chi connectivity index (χ0) is 19.0. The van der Waals surface area contributed by atoms with Crippen LogP contribution in [0.3, 0.4) is 0 Å². The van der Waals surface area contributed by atoms with E-state index in [0.29, 0.717) is 39.5 Å². The standard InChI is InChI=1S/C21H14Cl2O3S/c1-12-6-7-27-20(12)10-19-21(24)16-5-4-15(9-18(16)26-19)25-11-13-2-3-14(22)8-17(13)23/h2-10H,11H2,1H3. The van der Waals surface area contributed by atoms with Gasteiger partial charge in [0.25, 0.3) is 0 Å². The van der Waals surface area contributed by atoms with Crippen molar-refractivity contribution in [2.24, 2.45) is 0 Å². The largest absolute Gasteiger partial charge is 0.489 e. The number of thiophene rings is 1. The summed E-state index contributed by atoms with van der Waals surface area (Å²) in [6, 6.07) is 12.5. The van der Waals surface area contributed by atoms with E-state index in [1.807, 2.05) is 24.4 Å². The lowest BCUT2D eigenvalue weighted by Gasteiger charge is -2.09. The normalized spacial score (nSPS) is 14.3. The summed E-state index contributed by atoms with van der Waals surface area (Å²) in [4.78, 5) is 13.6. The summed E-state index contributed by atoms with van der Waals surface area (Å²) < 4.78 is 11.6. The molecule has 136 valence electrons. The lowest BCUT2D eigenvalue weighted by atomic mass is 10.1. The molecule has 2 heterocycles. The molecule has 4 rings (SSSR count). The van der Waals surface area contributed by atoms with Crippen molar-refractivity contribution in [1.82, 2.24) is 0 Å². The Labute approximate surface area is 170 Å². The van der Waals surface area contributed by atoms with Gasteiger partial charge in [0.1, 0.15) is 18.1 Å². The molecule has 1 aliphatic rings. The molecule has 0 radical (unpaired) electrons. The van der Waals surface area contributed by atoms with Crippen molar-refractivity contribution in [3.63, 3.8) is 0 Å². The molecule has 0 spiro atoms. The number of benzene rings is 2. The highest BCUT2D eigenvalue weighted by Crippen LogP contribution is 2.36. The third kappa shape index (κ3) is 3.74. The molecule has 0 unspecified atom stereocenters. The topological polar surface area (TPSA) is 35.5 Å². The fourth-order valence-electron chi connectivity index (χ4n) is 2.71. The second-order valence-corrected chi connectivity index (χ2v) is 7.88. The molecule has 0 N–H and O–H groups in total. The van der Waals surface area contributed by atoms with Crippen LogP contribution in [-0.2, 0) is 6.61 Å². The third-order valence-corrected chi connectivity index (χ3v) is 5.77. The lowest BCUT2D eigenvalue weighted by molar-refractivity contribution is 0.101. The maximum Gasteiger partial charge on any atom is 0.232 e. The first-order valence-electron chi connectivity index (χ1n) is 8.20. The molecule has 0 bridgehead atoms. The number of carbonyl (C=O) groups excluding carboxylic acids is 1. The summed E-state index contributed by atoms with van der Waals surface area (Å²) in [5.41, 5.74) is 2.48. The Morgan fingerprint density at radius 2 is 2.00 bits per heavy atom. The zero-order valence-corrected chi connectivity index (χ0v) is 16.6. The summed E-state index contributed by atoms with van der Waals surface area (Å²) >= 11 is 13.6. The van der Waals surface area contributed by atoms with Crippen molar-refractivity contribution in [2.75, 3.05) is 0 Å². The molecule has 0 saturated carbocycles. The minimum Gasteiger partial charge on any atom is -0.489 e. The fraction of sp³-hybridized carbons (Fsp3) is 0.0952. The van der Waals surface area contributed by atoms with Gasteiger partial charge in [0, 0.05) is 32.6 Å². The first-order valence-corrected chi connectivity index (χ1v) is 9.84. The molecule has 0 fully saturated rings. The first-order chi connectivity index (χ1) is 13.0. The molecule has 0 amide bonds. The molecule has 27 heavy (non-hydrogen) atoms. The van der Waals surface area contributed by atoms with Crippen molar-refractivity contribution in [3.8, 4) is 11.5 Å². The van der Waals surface area contributed by atoms with Gasteiger partial charge in [0.15, 0.2) is 5.76 Å². The second-order valence-electron chi connectivity index (χ2n) is 6.09. The van der Waals surface area contributed by atoms with E-state index in [-0.39, 0.29) is 5.78 Å². The first kappa shape index (κ1) is 18.1. The van der Waals surface area contributed by atoms with Crippen LogP contribution in [0, 0.1) is 6.92 Å². The summed E-state index contributed by atoms with van der Waals surface area (Å²) in [5, 5.41) is 3.11. The molecule has 0 atom stereocenters. The van der Waals surface area contributed by atoms with Gasteiger partial charge in [-0.15, -0.1) is 11.3 Å². The van der Waals surface area contributed by atoms with Crippen molar-refractivity contribution >= 4 is 46.4 Å². The molecule has 3 aromatic rings. The Bertz CT molecular complexity index is 1070. The Balaban J connectivity index is 1.52. The number of carbonyl (C=O) groups is 1. The Morgan fingerprint density at radius 3 is 2.74 bits per heavy atom. The number of ether oxygens (including phenoxy) is 2. The predicted molar refractivity (Wildman–Crippen MR) is 109 cm³/mol. The average Bonchev–Trinajstić information content (AvgIpc) is 3.18. The van der Waals surface area contributed by atoms with Crippen LogP contribution >= 0.6 is 34.5 Å². The van der Waals surface area contributed by atoms with Gasteiger partial charge in [-0.1, -0.05) is 29.3 Å². The smallest absolute Gasteiger partial charge is 0.232 e. The Morgan fingerprint density at radius 1 is 1.15 bits per heavy atom. The number of hydrogen-bond donors (Lipinski definition) is 0. The van der Waals surface area contributed by atoms with Gasteiger partial charge in [-0.25, -0.2) is 0 Å². The van der Waals surface area contributed by atoms with Gasteiger partial charge >= 0.3 is 0 Å². The number of allylic oxidation sites excluding steroid dienone is 1. The van der Waals surface area contributed by atoms with E-state index in [0.717, 1.165) is 16.0 Å². The number of Topliss-reactive ketones (excluding diaryl/α,β-unsaturated/α-hetero) is 1. The number of aryl methyl sites for hydroxylation is 1. The van der Waals surface area contributed by atoms with Crippen LogP contribution in [0.15, 0.2) is 53.6 Å². The number of fused-ring (bicyclic) bond motifs is 1. The van der Waals surface area contributed by atoms with Gasteiger partial charge in [0.2, 0.25) is 5.78 Å². The SMILES string of the molecule is Cc1ccsc1C=C1Oc2cc(OCc3ccc(Cl)cc3Cl)ccc2C1=O. The highest BCUT2D eigenvalue weighted by molar-refractivity contribution is 7.11. The van der Waals surface area contributed by atoms with Crippen LogP contribution < -0.4 is 9.47 Å².